The van der Waals surface area contributed by atoms with Crippen LogP contribution in [0.15, 0.2) is 30.9 Å². The van der Waals surface area contributed by atoms with E-state index in [9.17, 15) is 15.0 Å². The monoisotopic (exact) mass is 364 g/mol. The van der Waals surface area contributed by atoms with Crippen LogP contribution in [0.25, 0.3) is 10.9 Å². The number of rotatable bonds is 7. The minimum atomic E-state index is -0.833. The SMILES string of the molecule is C=CCNCC(O)c1ccc(O)c2[nH]c(C(=O)OCC)cc12.CC(=O)O. The van der Waals surface area contributed by atoms with Gasteiger partial charge in [0.1, 0.15) is 11.4 Å². The molecule has 0 aliphatic rings. The van der Waals surface area contributed by atoms with Crippen LogP contribution < -0.4 is 5.32 Å². The third-order valence-corrected chi connectivity index (χ3v) is 3.29. The summed E-state index contributed by atoms with van der Waals surface area (Å²) < 4.78 is 4.94. The summed E-state index contributed by atoms with van der Waals surface area (Å²) in [5.41, 5.74) is 1.27. The lowest BCUT2D eigenvalue weighted by Crippen LogP contribution is -2.21. The van der Waals surface area contributed by atoms with Gasteiger partial charge in [0.2, 0.25) is 0 Å². The van der Waals surface area contributed by atoms with Crippen molar-refractivity contribution in [1.29, 1.82) is 0 Å². The molecule has 0 amide bonds. The number of carboxylic acids is 1. The van der Waals surface area contributed by atoms with Crippen LogP contribution in [0.5, 0.6) is 5.75 Å². The highest BCUT2D eigenvalue weighted by Gasteiger charge is 2.18. The van der Waals surface area contributed by atoms with Gasteiger partial charge in [0.25, 0.3) is 5.97 Å². The minimum Gasteiger partial charge on any atom is -0.506 e. The molecule has 0 aliphatic heterocycles. The Morgan fingerprint density at radius 3 is 2.65 bits per heavy atom. The number of esters is 1. The first-order valence-corrected chi connectivity index (χ1v) is 8.02. The normalized spacial score (nSPS) is 11.3. The lowest BCUT2D eigenvalue weighted by molar-refractivity contribution is -0.134. The van der Waals surface area contributed by atoms with Crippen molar-refractivity contribution in [1.82, 2.24) is 10.3 Å². The fourth-order valence-electron chi connectivity index (χ4n) is 2.27. The Morgan fingerprint density at radius 2 is 2.08 bits per heavy atom. The molecule has 1 unspecified atom stereocenters. The van der Waals surface area contributed by atoms with E-state index in [1.54, 1.807) is 25.1 Å². The predicted octanol–water partition coefficient (Wildman–Crippen LogP) is 1.95. The van der Waals surface area contributed by atoms with E-state index in [2.05, 4.69) is 16.9 Å². The summed E-state index contributed by atoms with van der Waals surface area (Å²) in [6, 6.07) is 4.71. The number of carbonyl (C=O) groups excluding carboxylic acids is 1. The van der Waals surface area contributed by atoms with Crippen molar-refractivity contribution in [2.24, 2.45) is 0 Å². The number of aromatic hydroxyl groups is 1. The van der Waals surface area contributed by atoms with E-state index in [0.717, 1.165) is 6.92 Å². The number of phenols is 1. The van der Waals surface area contributed by atoms with Crippen molar-refractivity contribution in [3.63, 3.8) is 0 Å². The number of aliphatic hydroxyl groups is 1. The van der Waals surface area contributed by atoms with E-state index in [1.165, 1.54) is 6.07 Å². The molecule has 8 nitrogen and oxygen atoms in total. The topological polar surface area (TPSA) is 132 Å². The van der Waals surface area contributed by atoms with Gasteiger partial charge in [-0.3, -0.25) is 4.79 Å². The second kappa shape index (κ2) is 10.2. The lowest BCUT2D eigenvalue weighted by atomic mass is 10.0. The molecule has 142 valence electrons. The molecule has 0 aliphatic carbocycles. The summed E-state index contributed by atoms with van der Waals surface area (Å²) in [7, 11) is 0. The van der Waals surface area contributed by atoms with E-state index in [1.807, 2.05) is 0 Å². The lowest BCUT2D eigenvalue weighted by Gasteiger charge is -2.13. The molecule has 1 atom stereocenters. The van der Waals surface area contributed by atoms with Gasteiger partial charge < -0.3 is 30.4 Å². The molecular formula is C18H24N2O6. The number of ether oxygens (including phenoxy) is 1. The molecule has 0 fully saturated rings. The number of benzene rings is 1. The van der Waals surface area contributed by atoms with E-state index >= 15 is 0 Å². The summed E-state index contributed by atoms with van der Waals surface area (Å²) in [6.07, 6.45) is 0.933. The zero-order chi connectivity index (χ0) is 19.7. The fourth-order valence-corrected chi connectivity index (χ4v) is 2.27. The number of aliphatic carboxylic acids is 1. The molecule has 0 saturated heterocycles. The van der Waals surface area contributed by atoms with Gasteiger partial charge in [-0.15, -0.1) is 6.58 Å². The van der Waals surface area contributed by atoms with Crippen LogP contribution in [0.2, 0.25) is 0 Å². The predicted molar refractivity (Wildman–Crippen MR) is 97.3 cm³/mol. The highest BCUT2D eigenvalue weighted by atomic mass is 16.5. The third kappa shape index (κ3) is 5.91. The molecule has 1 aromatic carbocycles. The highest BCUT2D eigenvalue weighted by Crippen LogP contribution is 2.31. The maximum Gasteiger partial charge on any atom is 0.354 e. The van der Waals surface area contributed by atoms with Crippen LogP contribution in [0.4, 0.5) is 0 Å². The van der Waals surface area contributed by atoms with Crippen LogP contribution in [0.3, 0.4) is 0 Å². The average Bonchev–Trinajstić information content (AvgIpc) is 3.01. The number of phenolic OH excluding ortho intramolecular Hbond substituents is 1. The molecule has 0 spiro atoms. The molecule has 0 bridgehead atoms. The van der Waals surface area contributed by atoms with Gasteiger partial charge in [-0.25, -0.2) is 4.79 Å². The van der Waals surface area contributed by atoms with Gasteiger partial charge >= 0.3 is 5.97 Å². The Kier molecular flexibility index (Phi) is 8.33. The zero-order valence-electron chi connectivity index (χ0n) is 14.8. The van der Waals surface area contributed by atoms with Crippen molar-refractivity contribution in [3.8, 4) is 5.75 Å². The van der Waals surface area contributed by atoms with E-state index in [-0.39, 0.29) is 18.1 Å². The van der Waals surface area contributed by atoms with Gasteiger partial charge in [0, 0.05) is 25.4 Å². The van der Waals surface area contributed by atoms with Crippen LogP contribution in [0.1, 0.15) is 36.0 Å². The van der Waals surface area contributed by atoms with Gasteiger partial charge in [-0.05, 0) is 24.6 Å². The van der Waals surface area contributed by atoms with Crippen molar-refractivity contribution < 1.29 is 29.6 Å². The summed E-state index contributed by atoms with van der Waals surface area (Å²) in [5, 5.41) is 31.2. The first-order valence-electron chi connectivity index (χ1n) is 8.02. The summed E-state index contributed by atoms with van der Waals surface area (Å²) in [4.78, 5) is 23.6. The first-order chi connectivity index (χ1) is 12.3. The van der Waals surface area contributed by atoms with Gasteiger partial charge in [-0.2, -0.15) is 0 Å². The standard InChI is InChI=1S/C16H20N2O4.C2H4O2/c1-3-7-17-9-14(20)10-5-6-13(19)15-11(10)8-12(18-15)16(21)22-4-2;1-2(3)4/h3,5-6,8,14,17-20H,1,4,7,9H2,2H3;1H3,(H,3,4). The molecule has 1 aromatic heterocycles. The van der Waals surface area contributed by atoms with Crippen molar-refractivity contribution in [2.75, 3.05) is 19.7 Å². The van der Waals surface area contributed by atoms with Gasteiger partial charge in [0.15, 0.2) is 0 Å². The van der Waals surface area contributed by atoms with Crippen molar-refractivity contribution in [2.45, 2.75) is 20.0 Å². The molecule has 5 N–H and O–H groups in total. The number of nitrogens with one attached hydrogen (secondary N) is 2. The Morgan fingerprint density at radius 1 is 1.42 bits per heavy atom. The number of carboxylic acid groups (broad SMARTS) is 1. The molecule has 8 heteroatoms. The largest absolute Gasteiger partial charge is 0.506 e. The van der Waals surface area contributed by atoms with E-state index in [4.69, 9.17) is 14.6 Å². The third-order valence-electron chi connectivity index (χ3n) is 3.29. The number of aliphatic hydroxyl groups excluding tert-OH is 1. The number of aromatic nitrogens is 1. The summed E-state index contributed by atoms with van der Waals surface area (Å²) in [6.45, 7) is 7.59. The second-order valence-electron chi connectivity index (χ2n) is 5.35. The highest BCUT2D eigenvalue weighted by molar-refractivity contribution is 5.98. The van der Waals surface area contributed by atoms with Crippen LogP contribution >= 0.6 is 0 Å². The number of hydrogen-bond acceptors (Lipinski definition) is 6. The molecule has 1 heterocycles. The van der Waals surface area contributed by atoms with Crippen LogP contribution in [0, 0.1) is 0 Å². The molecule has 0 radical (unpaired) electrons. The number of aromatic amines is 1. The average molecular weight is 364 g/mol. The maximum atomic E-state index is 11.8. The van der Waals surface area contributed by atoms with Crippen molar-refractivity contribution in [3.05, 3.63) is 42.1 Å². The Balaban J connectivity index is 0.000000765. The molecule has 26 heavy (non-hydrogen) atoms. The quantitative estimate of drug-likeness (QED) is 0.288. The Hall–Kier alpha value is -2.84. The van der Waals surface area contributed by atoms with Gasteiger partial charge in [-0.1, -0.05) is 12.1 Å². The van der Waals surface area contributed by atoms with Crippen LogP contribution in [-0.4, -0.2) is 51.9 Å². The molecule has 2 aromatic rings. The number of hydrogen-bond donors (Lipinski definition) is 5. The zero-order valence-corrected chi connectivity index (χ0v) is 14.8. The molecular weight excluding hydrogens is 340 g/mol. The summed E-state index contributed by atoms with van der Waals surface area (Å²) in [5.74, 6) is -1.32. The number of fused-ring (bicyclic) bond motifs is 1. The number of carbonyl (C=O) groups is 2. The fraction of sp³-hybridized carbons (Fsp3) is 0.333. The van der Waals surface area contributed by atoms with E-state index < -0.39 is 18.0 Å². The summed E-state index contributed by atoms with van der Waals surface area (Å²) >= 11 is 0. The van der Waals surface area contributed by atoms with E-state index in [0.29, 0.717) is 29.6 Å². The maximum absolute atomic E-state index is 11.8. The van der Waals surface area contributed by atoms with Crippen molar-refractivity contribution >= 4 is 22.8 Å². The Labute approximate surface area is 151 Å². The number of H-pyrrole nitrogens is 1. The second-order valence-corrected chi connectivity index (χ2v) is 5.35. The molecule has 2 rings (SSSR count). The molecule has 0 saturated carbocycles. The van der Waals surface area contributed by atoms with Crippen LogP contribution in [-0.2, 0) is 9.53 Å². The van der Waals surface area contributed by atoms with Gasteiger partial charge in [0.05, 0.1) is 18.2 Å². The Bertz CT molecular complexity index is 764. The smallest absolute Gasteiger partial charge is 0.354 e. The first kappa shape index (κ1) is 21.2. The minimum absolute atomic E-state index is 0.0144.